The Morgan fingerprint density at radius 1 is 1.11 bits per heavy atom. The zero-order valence-electron chi connectivity index (χ0n) is 15.4. The van der Waals surface area contributed by atoms with Gasteiger partial charge in [-0.3, -0.25) is 24.3 Å². The molecule has 7 nitrogen and oxygen atoms in total. The number of ether oxygens (including phenoxy) is 1. The monoisotopic (exact) mass is 365 g/mol. The van der Waals surface area contributed by atoms with Crippen LogP contribution >= 0.6 is 0 Å². The quantitative estimate of drug-likeness (QED) is 0.543. The smallest absolute Gasteiger partial charge is 0.307 e. The van der Waals surface area contributed by atoms with Gasteiger partial charge in [0.2, 0.25) is 0 Å². The fraction of sp³-hybridized carbons (Fsp3) is 0.300. The highest BCUT2D eigenvalue weighted by molar-refractivity contribution is 5.69. The molecule has 0 aromatic carbocycles. The summed E-state index contributed by atoms with van der Waals surface area (Å²) in [6, 6.07) is 9.80. The number of hydrogen-bond donors (Lipinski definition) is 0. The third kappa shape index (κ3) is 5.46. The maximum atomic E-state index is 11.8. The first-order valence-electron chi connectivity index (χ1n) is 8.95. The normalized spacial score (nSPS) is 10.9. The highest BCUT2D eigenvalue weighted by atomic mass is 16.5. The van der Waals surface area contributed by atoms with Crippen LogP contribution in [0.25, 0.3) is 11.3 Å². The number of carbonyl (C=O) groups excluding carboxylic acids is 1. The van der Waals surface area contributed by atoms with Crippen LogP contribution in [0.5, 0.6) is 0 Å². The summed E-state index contributed by atoms with van der Waals surface area (Å²) in [7, 11) is 0. The molecule has 0 aliphatic heterocycles. The summed E-state index contributed by atoms with van der Waals surface area (Å²) in [5.74, 6) is -0.193. The minimum Gasteiger partial charge on any atom is -0.466 e. The van der Waals surface area contributed by atoms with Gasteiger partial charge in [-0.25, -0.2) is 0 Å². The van der Waals surface area contributed by atoms with Crippen molar-refractivity contribution in [3.05, 3.63) is 66.9 Å². The van der Waals surface area contributed by atoms with Crippen LogP contribution in [0.15, 0.2) is 61.3 Å². The fourth-order valence-corrected chi connectivity index (χ4v) is 2.83. The Kier molecular flexibility index (Phi) is 6.65. The number of hydrogen-bond acceptors (Lipinski definition) is 6. The van der Waals surface area contributed by atoms with Crippen LogP contribution < -0.4 is 0 Å². The summed E-state index contributed by atoms with van der Waals surface area (Å²) in [5, 5.41) is 4.45. The number of rotatable bonds is 9. The van der Waals surface area contributed by atoms with Gasteiger partial charge in [0.1, 0.15) is 0 Å². The van der Waals surface area contributed by atoms with Gasteiger partial charge in [-0.05, 0) is 36.8 Å². The topological polar surface area (TPSA) is 73.1 Å². The van der Waals surface area contributed by atoms with Crippen molar-refractivity contribution in [2.75, 3.05) is 13.2 Å². The molecule has 27 heavy (non-hydrogen) atoms. The lowest BCUT2D eigenvalue weighted by atomic mass is 10.2. The molecular weight excluding hydrogens is 342 g/mol. The fourth-order valence-electron chi connectivity index (χ4n) is 2.83. The van der Waals surface area contributed by atoms with Crippen molar-refractivity contribution in [2.24, 2.45) is 0 Å². The highest BCUT2D eigenvalue weighted by Gasteiger charge is 2.13. The molecule has 0 unspecified atom stereocenters. The van der Waals surface area contributed by atoms with Gasteiger partial charge in [0.15, 0.2) is 0 Å². The average molecular weight is 365 g/mol. The van der Waals surface area contributed by atoms with E-state index in [0.717, 1.165) is 16.8 Å². The van der Waals surface area contributed by atoms with Crippen molar-refractivity contribution in [1.82, 2.24) is 24.6 Å². The van der Waals surface area contributed by atoms with E-state index in [1.54, 1.807) is 18.6 Å². The maximum Gasteiger partial charge on any atom is 0.307 e. The molecule has 0 amide bonds. The van der Waals surface area contributed by atoms with Crippen molar-refractivity contribution < 1.29 is 9.53 Å². The maximum absolute atomic E-state index is 11.8. The number of pyridine rings is 2. The van der Waals surface area contributed by atoms with Crippen molar-refractivity contribution in [1.29, 1.82) is 0 Å². The lowest BCUT2D eigenvalue weighted by Crippen LogP contribution is -2.29. The summed E-state index contributed by atoms with van der Waals surface area (Å²) in [4.78, 5) is 22.3. The van der Waals surface area contributed by atoms with E-state index in [4.69, 9.17) is 4.74 Å². The van der Waals surface area contributed by atoms with Gasteiger partial charge in [0.25, 0.3) is 0 Å². The summed E-state index contributed by atoms with van der Waals surface area (Å²) in [6.07, 6.45) is 9.26. The summed E-state index contributed by atoms with van der Waals surface area (Å²) in [5.41, 5.74) is 3.06. The van der Waals surface area contributed by atoms with Crippen molar-refractivity contribution in [2.45, 2.75) is 26.6 Å². The van der Waals surface area contributed by atoms with Gasteiger partial charge >= 0.3 is 5.97 Å². The molecule has 0 saturated carbocycles. The van der Waals surface area contributed by atoms with E-state index in [1.165, 1.54) is 0 Å². The summed E-state index contributed by atoms with van der Waals surface area (Å²) >= 11 is 0. The Hall–Kier alpha value is -3.06. The largest absolute Gasteiger partial charge is 0.466 e. The van der Waals surface area contributed by atoms with Gasteiger partial charge < -0.3 is 4.74 Å². The SMILES string of the molecule is CCOC(=O)CCN(Cc1cccnc1)Cn1nccc1-c1cccnc1. The Morgan fingerprint density at radius 3 is 2.63 bits per heavy atom. The standard InChI is InChI=1S/C20H23N5O2/c1-2-27-20(26)8-12-24(15-17-5-3-9-21-13-17)16-25-19(7-11-23-25)18-6-4-10-22-14-18/h3-7,9-11,13-14H,2,8,12,15-16H2,1H3. The van der Waals surface area contributed by atoms with Crippen molar-refractivity contribution in [3.8, 4) is 11.3 Å². The number of carbonyl (C=O) groups is 1. The molecule has 0 aliphatic carbocycles. The Labute approximate surface area is 158 Å². The molecule has 3 aromatic heterocycles. The van der Waals surface area contributed by atoms with Crippen LogP contribution in [0.4, 0.5) is 0 Å². The Balaban J connectivity index is 1.75. The molecule has 0 N–H and O–H groups in total. The molecule has 140 valence electrons. The van der Waals surface area contributed by atoms with E-state index in [9.17, 15) is 4.79 Å². The summed E-state index contributed by atoms with van der Waals surface area (Å²) in [6.45, 7) is 3.99. The minimum atomic E-state index is -0.193. The van der Waals surface area contributed by atoms with E-state index >= 15 is 0 Å². The van der Waals surface area contributed by atoms with E-state index in [1.807, 2.05) is 54.3 Å². The molecule has 0 spiro atoms. The van der Waals surface area contributed by atoms with Crippen molar-refractivity contribution in [3.63, 3.8) is 0 Å². The molecule has 7 heteroatoms. The zero-order chi connectivity index (χ0) is 18.9. The van der Waals surface area contributed by atoms with E-state index in [0.29, 0.717) is 32.8 Å². The first-order chi connectivity index (χ1) is 13.3. The van der Waals surface area contributed by atoms with Crippen LogP contribution in [0.2, 0.25) is 0 Å². The molecular formula is C20H23N5O2. The number of esters is 1. The first kappa shape index (κ1) is 18.7. The second-order valence-corrected chi connectivity index (χ2v) is 6.07. The molecule has 0 aliphatic rings. The third-order valence-electron chi connectivity index (χ3n) is 4.07. The second kappa shape index (κ2) is 9.59. The van der Waals surface area contributed by atoms with Crippen LogP contribution in [-0.4, -0.2) is 43.8 Å². The number of nitrogens with zero attached hydrogens (tertiary/aromatic N) is 5. The molecule has 0 radical (unpaired) electrons. The minimum absolute atomic E-state index is 0.193. The predicted octanol–water partition coefficient (Wildman–Crippen LogP) is 2.75. The van der Waals surface area contributed by atoms with Crippen LogP contribution in [0.3, 0.4) is 0 Å². The van der Waals surface area contributed by atoms with Crippen LogP contribution in [0.1, 0.15) is 18.9 Å². The van der Waals surface area contributed by atoms with E-state index in [-0.39, 0.29) is 5.97 Å². The van der Waals surface area contributed by atoms with E-state index in [2.05, 4.69) is 20.0 Å². The highest BCUT2D eigenvalue weighted by Crippen LogP contribution is 2.18. The lowest BCUT2D eigenvalue weighted by Gasteiger charge is -2.23. The second-order valence-electron chi connectivity index (χ2n) is 6.07. The van der Waals surface area contributed by atoms with Gasteiger partial charge in [-0.1, -0.05) is 6.07 Å². The molecule has 0 fully saturated rings. The van der Waals surface area contributed by atoms with Gasteiger partial charge in [0, 0.05) is 49.6 Å². The summed E-state index contributed by atoms with van der Waals surface area (Å²) < 4.78 is 6.98. The molecule has 0 saturated heterocycles. The van der Waals surface area contributed by atoms with Gasteiger partial charge in [0.05, 0.1) is 25.4 Å². The Morgan fingerprint density at radius 2 is 1.93 bits per heavy atom. The third-order valence-corrected chi connectivity index (χ3v) is 4.07. The molecule has 0 atom stereocenters. The molecule has 0 bridgehead atoms. The molecule has 3 heterocycles. The average Bonchev–Trinajstić information content (AvgIpc) is 3.16. The van der Waals surface area contributed by atoms with Gasteiger partial charge in [-0.15, -0.1) is 0 Å². The van der Waals surface area contributed by atoms with Crippen LogP contribution in [0, 0.1) is 0 Å². The van der Waals surface area contributed by atoms with E-state index < -0.39 is 0 Å². The van der Waals surface area contributed by atoms with Crippen LogP contribution in [-0.2, 0) is 22.7 Å². The lowest BCUT2D eigenvalue weighted by molar-refractivity contribution is -0.143. The number of aromatic nitrogens is 4. The Bertz CT molecular complexity index is 836. The zero-order valence-corrected chi connectivity index (χ0v) is 15.4. The van der Waals surface area contributed by atoms with Crippen molar-refractivity contribution >= 4 is 5.97 Å². The predicted molar refractivity (Wildman–Crippen MR) is 101 cm³/mol. The molecule has 3 rings (SSSR count). The first-order valence-corrected chi connectivity index (χ1v) is 8.95. The van der Waals surface area contributed by atoms with Gasteiger partial charge in [-0.2, -0.15) is 5.10 Å². The molecule has 3 aromatic rings.